The summed E-state index contributed by atoms with van der Waals surface area (Å²) in [6.45, 7) is 7.98. The van der Waals surface area contributed by atoms with Crippen LogP contribution < -0.4 is 10.6 Å². The van der Waals surface area contributed by atoms with Gasteiger partial charge < -0.3 is 10.6 Å². The van der Waals surface area contributed by atoms with Crippen molar-refractivity contribution < 1.29 is 9.59 Å². The number of carbonyl (C=O) groups is 2. The Morgan fingerprint density at radius 1 is 0.903 bits per heavy atom. The molecule has 31 heavy (non-hydrogen) atoms. The van der Waals surface area contributed by atoms with Crippen LogP contribution in [0.2, 0.25) is 0 Å². The SMILES string of the molecule is CCc1cccc(C)c1NC(=O)C(C)Sc1ccc(NC(=O)c2ccc(C)cc2)cc1. The zero-order valence-corrected chi connectivity index (χ0v) is 19.2. The van der Waals surface area contributed by atoms with Gasteiger partial charge in [-0.25, -0.2) is 0 Å². The molecule has 1 atom stereocenters. The zero-order chi connectivity index (χ0) is 22.4. The third kappa shape index (κ3) is 5.98. The second-order valence-electron chi connectivity index (χ2n) is 7.56. The van der Waals surface area contributed by atoms with Crippen molar-refractivity contribution >= 4 is 35.0 Å². The highest BCUT2D eigenvalue weighted by atomic mass is 32.2. The second kappa shape index (κ2) is 10.3. The van der Waals surface area contributed by atoms with Gasteiger partial charge in [0.15, 0.2) is 0 Å². The number of anilines is 2. The van der Waals surface area contributed by atoms with E-state index in [9.17, 15) is 9.59 Å². The fourth-order valence-corrected chi connectivity index (χ4v) is 4.08. The molecule has 0 aromatic heterocycles. The van der Waals surface area contributed by atoms with Crippen LogP contribution in [0.15, 0.2) is 71.6 Å². The fraction of sp³-hybridized carbons (Fsp3) is 0.231. The van der Waals surface area contributed by atoms with E-state index in [4.69, 9.17) is 0 Å². The van der Waals surface area contributed by atoms with Gasteiger partial charge in [-0.05, 0) is 74.7 Å². The van der Waals surface area contributed by atoms with Crippen LogP contribution in [0, 0.1) is 13.8 Å². The first-order valence-corrected chi connectivity index (χ1v) is 11.3. The molecule has 3 aromatic carbocycles. The first-order valence-electron chi connectivity index (χ1n) is 10.4. The number of benzene rings is 3. The molecule has 0 saturated carbocycles. The topological polar surface area (TPSA) is 58.2 Å². The van der Waals surface area contributed by atoms with Gasteiger partial charge in [-0.15, -0.1) is 11.8 Å². The highest BCUT2D eigenvalue weighted by Crippen LogP contribution is 2.27. The van der Waals surface area contributed by atoms with Crippen molar-refractivity contribution in [3.63, 3.8) is 0 Å². The number of thioether (sulfide) groups is 1. The summed E-state index contributed by atoms with van der Waals surface area (Å²) >= 11 is 1.49. The summed E-state index contributed by atoms with van der Waals surface area (Å²) in [6.07, 6.45) is 0.870. The van der Waals surface area contributed by atoms with Gasteiger partial charge in [0.25, 0.3) is 5.91 Å². The smallest absolute Gasteiger partial charge is 0.255 e. The van der Waals surface area contributed by atoms with Crippen molar-refractivity contribution in [2.45, 2.75) is 44.3 Å². The lowest BCUT2D eigenvalue weighted by Gasteiger charge is -2.16. The van der Waals surface area contributed by atoms with Crippen LogP contribution in [-0.4, -0.2) is 17.1 Å². The van der Waals surface area contributed by atoms with E-state index in [2.05, 4.69) is 17.6 Å². The standard InChI is InChI=1S/C26H28N2O2S/c1-5-20-8-6-7-18(3)24(20)28-25(29)19(4)31-23-15-13-22(14-16-23)27-26(30)21-11-9-17(2)10-12-21/h6-16,19H,5H2,1-4H3,(H,27,30)(H,28,29). The average molecular weight is 433 g/mol. The molecular formula is C26H28N2O2S. The Labute approximate surface area is 188 Å². The molecule has 160 valence electrons. The predicted octanol–water partition coefficient (Wildman–Crippen LogP) is 6.24. The number of hydrogen-bond donors (Lipinski definition) is 2. The third-order valence-corrected chi connectivity index (χ3v) is 6.21. The number of carbonyl (C=O) groups excluding carboxylic acids is 2. The zero-order valence-electron chi connectivity index (χ0n) is 18.4. The molecule has 3 aromatic rings. The molecule has 2 N–H and O–H groups in total. The molecule has 0 bridgehead atoms. The van der Waals surface area contributed by atoms with E-state index in [0.717, 1.165) is 39.4 Å². The summed E-state index contributed by atoms with van der Waals surface area (Å²) in [5.74, 6) is -0.163. The quantitative estimate of drug-likeness (QED) is 0.435. The number of amides is 2. The maximum Gasteiger partial charge on any atom is 0.255 e. The number of rotatable bonds is 7. The van der Waals surface area contributed by atoms with Gasteiger partial charge >= 0.3 is 0 Å². The van der Waals surface area contributed by atoms with E-state index in [-0.39, 0.29) is 17.1 Å². The molecule has 5 heteroatoms. The Kier molecular flexibility index (Phi) is 7.53. The molecule has 0 heterocycles. The van der Waals surface area contributed by atoms with Gasteiger partial charge in [0.05, 0.1) is 5.25 Å². The van der Waals surface area contributed by atoms with Gasteiger partial charge in [0.1, 0.15) is 0 Å². The third-order valence-electron chi connectivity index (χ3n) is 5.10. The summed E-state index contributed by atoms with van der Waals surface area (Å²) < 4.78 is 0. The normalized spacial score (nSPS) is 11.6. The monoisotopic (exact) mass is 432 g/mol. The minimum atomic E-state index is -0.252. The van der Waals surface area contributed by atoms with Crippen molar-refractivity contribution in [2.24, 2.45) is 0 Å². The minimum Gasteiger partial charge on any atom is -0.325 e. The van der Waals surface area contributed by atoms with Crippen molar-refractivity contribution in [1.82, 2.24) is 0 Å². The molecule has 0 aliphatic heterocycles. The summed E-state index contributed by atoms with van der Waals surface area (Å²) in [5, 5.41) is 5.75. The first-order chi connectivity index (χ1) is 14.9. The maximum absolute atomic E-state index is 12.7. The molecule has 0 spiro atoms. The van der Waals surface area contributed by atoms with Crippen LogP contribution in [0.3, 0.4) is 0 Å². The van der Waals surface area contributed by atoms with E-state index < -0.39 is 0 Å². The number of aryl methyl sites for hydroxylation is 3. The number of hydrogen-bond acceptors (Lipinski definition) is 3. The van der Waals surface area contributed by atoms with Gasteiger partial charge in [-0.2, -0.15) is 0 Å². The van der Waals surface area contributed by atoms with Gasteiger partial charge in [-0.3, -0.25) is 9.59 Å². The van der Waals surface area contributed by atoms with Crippen LogP contribution in [0.4, 0.5) is 11.4 Å². The predicted molar refractivity (Wildman–Crippen MR) is 130 cm³/mol. The highest BCUT2D eigenvalue weighted by molar-refractivity contribution is 8.00. The fourth-order valence-electron chi connectivity index (χ4n) is 3.21. The summed E-state index contributed by atoms with van der Waals surface area (Å²) in [5.41, 5.74) is 5.58. The molecule has 0 fully saturated rings. The van der Waals surface area contributed by atoms with E-state index >= 15 is 0 Å². The molecule has 2 amide bonds. The van der Waals surface area contributed by atoms with E-state index in [1.165, 1.54) is 11.8 Å². The second-order valence-corrected chi connectivity index (χ2v) is 8.97. The Morgan fingerprint density at radius 2 is 1.58 bits per heavy atom. The highest BCUT2D eigenvalue weighted by Gasteiger charge is 2.17. The maximum atomic E-state index is 12.7. The summed E-state index contributed by atoms with van der Waals surface area (Å²) in [7, 11) is 0. The summed E-state index contributed by atoms with van der Waals surface area (Å²) in [4.78, 5) is 26.1. The molecule has 0 aliphatic rings. The van der Waals surface area contributed by atoms with Crippen molar-refractivity contribution in [1.29, 1.82) is 0 Å². The van der Waals surface area contributed by atoms with Crippen LogP contribution in [0.5, 0.6) is 0 Å². The Balaban J connectivity index is 1.59. The Hall–Kier alpha value is -3.05. The molecule has 0 saturated heterocycles. The first kappa shape index (κ1) is 22.6. The van der Waals surface area contributed by atoms with E-state index in [1.54, 1.807) is 0 Å². The lowest BCUT2D eigenvalue weighted by molar-refractivity contribution is -0.115. The van der Waals surface area contributed by atoms with Crippen molar-refractivity contribution in [3.8, 4) is 0 Å². The molecular weight excluding hydrogens is 404 g/mol. The van der Waals surface area contributed by atoms with Gasteiger partial charge in [0, 0.05) is 21.8 Å². The summed E-state index contributed by atoms with van der Waals surface area (Å²) in [6, 6.07) is 21.1. The lowest BCUT2D eigenvalue weighted by atomic mass is 10.1. The van der Waals surface area contributed by atoms with Crippen molar-refractivity contribution in [3.05, 3.63) is 89.0 Å². The molecule has 0 aliphatic carbocycles. The Bertz CT molecular complexity index is 1060. The molecule has 1 unspecified atom stereocenters. The van der Waals surface area contributed by atoms with Gasteiger partial charge in [-0.1, -0.05) is 42.8 Å². The van der Waals surface area contributed by atoms with E-state index in [0.29, 0.717) is 5.56 Å². The van der Waals surface area contributed by atoms with Crippen molar-refractivity contribution in [2.75, 3.05) is 10.6 Å². The lowest BCUT2D eigenvalue weighted by Crippen LogP contribution is -2.23. The van der Waals surface area contributed by atoms with Gasteiger partial charge in [0.2, 0.25) is 5.91 Å². The number of para-hydroxylation sites is 1. The molecule has 4 nitrogen and oxygen atoms in total. The van der Waals surface area contributed by atoms with E-state index in [1.807, 2.05) is 87.5 Å². The molecule has 0 radical (unpaired) electrons. The number of nitrogens with one attached hydrogen (secondary N) is 2. The van der Waals surface area contributed by atoms with Crippen LogP contribution in [-0.2, 0) is 11.2 Å². The Morgan fingerprint density at radius 3 is 2.23 bits per heavy atom. The minimum absolute atomic E-state index is 0.0225. The van der Waals surface area contributed by atoms with Crippen LogP contribution in [0.1, 0.15) is 40.9 Å². The molecule has 3 rings (SSSR count). The van der Waals surface area contributed by atoms with Crippen LogP contribution in [0.25, 0.3) is 0 Å². The average Bonchev–Trinajstić information content (AvgIpc) is 2.76. The largest absolute Gasteiger partial charge is 0.325 e. The van der Waals surface area contributed by atoms with Crippen LogP contribution >= 0.6 is 11.8 Å².